The van der Waals surface area contributed by atoms with E-state index in [4.69, 9.17) is 5.73 Å². The Morgan fingerprint density at radius 3 is 2.47 bits per heavy atom. The summed E-state index contributed by atoms with van der Waals surface area (Å²) < 4.78 is 2.24. The van der Waals surface area contributed by atoms with Gasteiger partial charge in [0.05, 0.1) is 6.54 Å². The lowest BCUT2D eigenvalue weighted by Gasteiger charge is -2.14. The second-order valence-corrected chi connectivity index (χ2v) is 5.60. The van der Waals surface area contributed by atoms with E-state index in [-0.39, 0.29) is 0 Å². The van der Waals surface area contributed by atoms with Gasteiger partial charge in [0.2, 0.25) is 0 Å². The summed E-state index contributed by atoms with van der Waals surface area (Å²) in [4.78, 5) is 0. The zero-order chi connectivity index (χ0) is 12.3. The van der Waals surface area contributed by atoms with Gasteiger partial charge in [-0.2, -0.15) is 0 Å². The van der Waals surface area contributed by atoms with Crippen LogP contribution < -0.4 is 5.73 Å². The van der Waals surface area contributed by atoms with E-state index in [1.54, 1.807) is 0 Å². The van der Waals surface area contributed by atoms with E-state index >= 15 is 0 Å². The number of hydrogen-bond donors (Lipinski definition) is 1. The number of rotatable bonds is 5. The lowest BCUT2D eigenvalue weighted by atomic mass is 10.0. The van der Waals surface area contributed by atoms with Crippen LogP contribution in [0.1, 0.15) is 51.2 Å². The van der Waals surface area contributed by atoms with Gasteiger partial charge in [-0.1, -0.05) is 39.5 Å². The van der Waals surface area contributed by atoms with Crippen LogP contribution in [0.15, 0.2) is 0 Å². The van der Waals surface area contributed by atoms with Crippen LogP contribution in [0.25, 0.3) is 0 Å². The zero-order valence-corrected chi connectivity index (χ0v) is 11.0. The maximum atomic E-state index is 5.72. The predicted octanol–water partition coefficient (Wildman–Crippen LogP) is 2.13. The van der Waals surface area contributed by atoms with Gasteiger partial charge in [0.25, 0.3) is 0 Å². The van der Waals surface area contributed by atoms with Gasteiger partial charge in [-0.3, -0.25) is 0 Å². The van der Waals surface area contributed by atoms with Crippen LogP contribution in [-0.4, -0.2) is 14.8 Å². The maximum Gasteiger partial charge on any atom is 0.146 e. The van der Waals surface area contributed by atoms with E-state index in [0.29, 0.717) is 12.5 Å². The molecule has 1 saturated carbocycles. The minimum atomic E-state index is 0.490. The molecule has 1 heterocycles. The van der Waals surface area contributed by atoms with Crippen LogP contribution in [-0.2, 0) is 19.5 Å². The molecule has 0 amide bonds. The first-order valence-electron chi connectivity index (χ1n) is 6.81. The van der Waals surface area contributed by atoms with Crippen molar-refractivity contribution < 1.29 is 0 Å². The fourth-order valence-electron chi connectivity index (χ4n) is 2.72. The molecule has 0 unspecified atom stereocenters. The summed E-state index contributed by atoms with van der Waals surface area (Å²) in [5.41, 5.74) is 5.72. The molecular formula is C13H24N4. The number of aromatic nitrogens is 3. The molecule has 0 atom stereocenters. The van der Waals surface area contributed by atoms with E-state index in [9.17, 15) is 0 Å². The second kappa shape index (κ2) is 5.63. The molecule has 1 aliphatic carbocycles. The first kappa shape index (κ1) is 12.6. The van der Waals surface area contributed by atoms with Crippen LogP contribution >= 0.6 is 0 Å². The summed E-state index contributed by atoms with van der Waals surface area (Å²) in [6, 6.07) is 0. The molecule has 4 heteroatoms. The molecule has 0 radical (unpaired) electrons. The molecule has 2 N–H and O–H groups in total. The van der Waals surface area contributed by atoms with Crippen molar-refractivity contribution in [2.75, 3.05) is 0 Å². The maximum absolute atomic E-state index is 5.72. The Labute approximate surface area is 104 Å². The minimum Gasteiger partial charge on any atom is -0.324 e. The zero-order valence-electron chi connectivity index (χ0n) is 11.0. The molecule has 1 aromatic rings. The molecule has 1 fully saturated rings. The summed E-state index contributed by atoms with van der Waals surface area (Å²) in [6.07, 6.45) is 6.55. The Kier molecular flexibility index (Phi) is 4.15. The predicted molar refractivity (Wildman–Crippen MR) is 68.4 cm³/mol. The van der Waals surface area contributed by atoms with Crippen LogP contribution in [0.2, 0.25) is 0 Å². The molecular weight excluding hydrogens is 212 g/mol. The van der Waals surface area contributed by atoms with Gasteiger partial charge in [-0.25, -0.2) is 0 Å². The van der Waals surface area contributed by atoms with Crippen LogP contribution in [0.5, 0.6) is 0 Å². The third-order valence-corrected chi connectivity index (χ3v) is 3.58. The van der Waals surface area contributed by atoms with Crippen molar-refractivity contribution in [3.8, 4) is 0 Å². The van der Waals surface area contributed by atoms with Gasteiger partial charge in [-0.15, -0.1) is 10.2 Å². The van der Waals surface area contributed by atoms with E-state index in [1.807, 2.05) is 0 Å². The highest BCUT2D eigenvalue weighted by atomic mass is 15.3. The Morgan fingerprint density at radius 2 is 1.88 bits per heavy atom. The first-order chi connectivity index (χ1) is 8.20. The van der Waals surface area contributed by atoms with E-state index in [2.05, 4.69) is 28.6 Å². The molecule has 0 bridgehead atoms. The fourth-order valence-corrected chi connectivity index (χ4v) is 2.72. The topological polar surface area (TPSA) is 56.7 Å². The highest BCUT2D eigenvalue weighted by molar-refractivity contribution is 4.98. The summed E-state index contributed by atoms with van der Waals surface area (Å²) >= 11 is 0. The molecule has 0 aliphatic heterocycles. The lowest BCUT2D eigenvalue weighted by Crippen LogP contribution is -2.16. The van der Waals surface area contributed by atoms with Crippen LogP contribution in [0, 0.1) is 11.8 Å². The smallest absolute Gasteiger partial charge is 0.146 e. The van der Waals surface area contributed by atoms with Crippen LogP contribution in [0.3, 0.4) is 0 Å². The summed E-state index contributed by atoms with van der Waals surface area (Å²) in [5, 5.41) is 8.55. The molecule has 0 aromatic carbocycles. The first-order valence-corrected chi connectivity index (χ1v) is 6.81. The highest BCUT2D eigenvalue weighted by Crippen LogP contribution is 2.27. The van der Waals surface area contributed by atoms with E-state index < -0.39 is 0 Å². The largest absolute Gasteiger partial charge is 0.324 e. The molecule has 4 nitrogen and oxygen atoms in total. The number of hydrogen-bond acceptors (Lipinski definition) is 3. The SMILES string of the molecule is CC(C)Cn1c(CN)nnc1CC1CCCC1. The van der Waals surface area contributed by atoms with Gasteiger partial charge in [0, 0.05) is 13.0 Å². The quantitative estimate of drug-likeness (QED) is 0.852. The van der Waals surface area contributed by atoms with Crippen LogP contribution in [0.4, 0.5) is 0 Å². The van der Waals surface area contributed by atoms with E-state index in [1.165, 1.54) is 25.7 Å². The second-order valence-electron chi connectivity index (χ2n) is 5.60. The minimum absolute atomic E-state index is 0.490. The van der Waals surface area contributed by atoms with Gasteiger partial charge in [-0.05, 0) is 11.8 Å². The standard InChI is InChI=1S/C13H24N4/c1-10(2)9-17-12(15-16-13(17)8-14)7-11-5-3-4-6-11/h10-11H,3-9,14H2,1-2H3. The molecule has 96 valence electrons. The molecule has 1 aromatic heterocycles. The highest BCUT2D eigenvalue weighted by Gasteiger charge is 2.20. The fraction of sp³-hybridized carbons (Fsp3) is 0.846. The molecule has 1 aliphatic rings. The van der Waals surface area contributed by atoms with E-state index in [0.717, 1.165) is 30.5 Å². The number of nitrogens with zero attached hydrogens (tertiary/aromatic N) is 3. The summed E-state index contributed by atoms with van der Waals surface area (Å²) in [6.45, 7) is 5.92. The number of nitrogens with two attached hydrogens (primary N) is 1. The normalized spacial score (nSPS) is 17.2. The molecule has 0 spiro atoms. The Balaban J connectivity index is 2.11. The monoisotopic (exact) mass is 236 g/mol. The Bertz CT molecular complexity index is 350. The Morgan fingerprint density at radius 1 is 1.24 bits per heavy atom. The molecule has 2 rings (SSSR count). The van der Waals surface area contributed by atoms with Gasteiger partial charge >= 0.3 is 0 Å². The summed E-state index contributed by atoms with van der Waals surface area (Å²) in [7, 11) is 0. The van der Waals surface area contributed by atoms with Crippen molar-refractivity contribution in [3.63, 3.8) is 0 Å². The average molecular weight is 236 g/mol. The van der Waals surface area contributed by atoms with Crippen molar-refractivity contribution in [2.24, 2.45) is 17.6 Å². The van der Waals surface area contributed by atoms with Crippen molar-refractivity contribution in [3.05, 3.63) is 11.6 Å². The van der Waals surface area contributed by atoms with Crippen molar-refractivity contribution in [1.82, 2.24) is 14.8 Å². The Hall–Kier alpha value is -0.900. The third kappa shape index (κ3) is 3.06. The molecule has 0 saturated heterocycles. The van der Waals surface area contributed by atoms with Crippen molar-refractivity contribution in [1.29, 1.82) is 0 Å². The van der Waals surface area contributed by atoms with Gasteiger partial charge in [0.15, 0.2) is 0 Å². The summed E-state index contributed by atoms with van der Waals surface area (Å²) in [5.74, 6) is 3.51. The van der Waals surface area contributed by atoms with Gasteiger partial charge < -0.3 is 10.3 Å². The van der Waals surface area contributed by atoms with Crippen molar-refractivity contribution >= 4 is 0 Å². The third-order valence-electron chi connectivity index (χ3n) is 3.58. The lowest BCUT2D eigenvalue weighted by molar-refractivity contribution is 0.461. The van der Waals surface area contributed by atoms with Gasteiger partial charge in [0.1, 0.15) is 11.6 Å². The molecule has 17 heavy (non-hydrogen) atoms. The average Bonchev–Trinajstić information content (AvgIpc) is 2.90. The van der Waals surface area contributed by atoms with Crippen molar-refractivity contribution in [2.45, 2.75) is 59.0 Å².